The molecule has 2 rings (SSSR count). The normalized spacial score (nSPS) is 17.0. The number of hydrogen-bond acceptors (Lipinski definition) is 6. The Kier molecular flexibility index (Phi) is 4.09. The molecular weight excluding hydrogens is 282 g/mol. The number of hydrogen-bond donors (Lipinski definition) is 1. The molecule has 20 heavy (non-hydrogen) atoms. The maximum absolute atomic E-state index is 12.0. The van der Waals surface area contributed by atoms with E-state index in [0.29, 0.717) is 17.3 Å². The third-order valence-electron chi connectivity index (χ3n) is 2.64. The Bertz CT molecular complexity index is 611. The van der Waals surface area contributed by atoms with Gasteiger partial charge in [-0.1, -0.05) is 18.2 Å². The number of imide groups is 1. The van der Waals surface area contributed by atoms with E-state index in [1.807, 2.05) is 0 Å². The number of aromatic hydroxyl groups is 1. The van der Waals surface area contributed by atoms with Gasteiger partial charge < -0.3 is 15.0 Å². The van der Waals surface area contributed by atoms with Gasteiger partial charge in [-0.15, -0.1) is 0 Å². The molecule has 0 aromatic heterocycles. The van der Waals surface area contributed by atoms with E-state index in [1.54, 1.807) is 18.2 Å². The van der Waals surface area contributed by atoms with Crippen LogP contribution in [0.3, 0.4) is 0 Å². The second-order valence-corrected chi connectivity index (χ2v) is 5.01. The van der Waals surface area contributed by atoms with E-state index in [1.165, 1.54) is 12.1 Å². The van der Waals surface area contributed by atoms with Crippen molar-refractivity contribution in [1.29, 1.82) is 0 Å². The van der Waals surface area contributed by atoms with Crippen molar-refractivity contribution < 1.29 is 24.6 Å². The van der Waals surface area contributed by atoms with Crippen LogP contribution in [0.15, 0.2) is 29.2 Å². The summed E-state index contributed by atoms with van der Waals surface area (Å²) in [6.07, 6.45) is 1.00. The molecule has 1 fully saturated rings. The van der Waals surface area contributed by atoms with Crippen LogP contribution in [0.2, 0.25) is 0 Å². The van der Waals surface area contributed by atoms with Crippen LogP contribution in [-0.2, 0) is 9.59 Å². The fourth-order valence-electron chi connectivity index (χ4n) is 1.65. The standard InChI is InChI=1S/C13H11NO5S/c15-9-4-2-1-3-8(9)7-10-12(18)14(13(19)20-10)6-5-11(16)17/h1-4,7,15H,5-6H2,(H,16,17)/p-1/b10-7-. The lowest BCUT2D eigenvalue weighted by Gasteiger charge is -2.12. The molecule has 1 N–H and O–H groups in total. The van der Waals surface area contributed by atoms with Gasteiger partial charge in [0.05, 0.1) is 4.91 Å². The van der Waals surface area contributed by atoms with Crippen LogP contribution in [0.5, 0.6) is 5.75 Å². The number of carboxylic acids is 1. The number of aliphatic carboxylic acids is 1. The molecule has 1 aromatic carbocycles. The van der Waals surface area contributed by atoms with E-state index in [4.69, 9.17) is 0 Å². The van der Waals surface area contributed by atoms with E-state index >= 15 is 0 Å². The van der Waals surface area contributed by atoms with Crippen LogP contribution < -0.4 is 5.11 Å². The van der Waals surface area contributed by atoms with E-state index in [2.05, 4.69) is 0 Å². The summed E-state index contributed by atoms with van der Waals surface area (Å²) in [6.45, 7) is -0.217. The lowest BCUT2D eigenvalue weighted by atomic mass is 10.2. The Morgan fingerprint density at radius 1 is 1.35 bits per heavy atom. The minimum atomic E-state index is -1.33. The fraction of sp³-hybridized carbons (Fsp3) is 0.154. The zero-order valence-corrected chi connectivity index (χ0v) is 11.1. The van der Waals surface area contributed by atoms with Crippen LogP contribution in [0.1, 0.15) is 12.0 Å². The molecule has 0 atom stereocenters. The number of amides is 2. The lowest BCUT2D eigenvalue weighted by molar-refractivity contribution is -0.305. The van der Waals surface area contributed by atoms with Gasteiger partial charge in [0, 0.05) is 24.5 Å². The van der Waals surface area contributed by atoms with E-state index in [-0.39, 0.29) is 17.2 Å². The molecule has 2 amide bonds. The predicted molar refractivity (Wildman–Crippen MR) is 70.4 cm³/mol. The van der Waals surface area contributed by atoms with Crippen LogP contribution in [-0.4, -0.2) is 33.7 Å². The first-order valence-corrected chi connectivity index (χ1v) is 6.54. The maximum atomic E-state index is 12.0. The van der Waals surface area contributed by atoms with Gasteiger partial charge in [0.2, 0.25) is 0 Å². The van der Waals surface area contributed by atoms with Gasteiger partial charge in [-0.25, -0.2) is 0 Å². The van der Waals surface area contributed by atoms with Crippen molar-refractivity contribution in [2.24, 2.45) is 0 Å². The van der Waals surface area contributed by atoms with Crippen LogP contribution in [0, 0.1) is 0 Å². The smallest absolute Gasteiger partial charge is 0.293 e. The van der Waals surface area contributed by atoms with Crippen LogP contribution in [0.25, 0.3) is 6.08 Å². The molecule has 0 saturated carbocycles. The second kappa shape index (κ2) is 5.79. The van der Waals surface area contributed by atoms with Crippen molar-refractivity contribution >= 4 is 35.0 Å². The van der Waals surface area contributed by atoms with Crippen molar-refractivity contribution in [3.8, 4) is 5.75 Å². The summed E-state index contributed by atoms with van der Waals surface area (Å²) in [6, 6.07) is 6.39. The molecular formula is C13H10NO5S-. The first-order chi connectivity index (χ1) is 9.49. The van der Waals surface area contributed by atoms with Crippen LogP contribution in [0.4, 0.5) is 4.79 Å². The molecule has 0 radical (unpaired) electrons. The number of phenolic OH excluding ortho intramolecular Hbond substituents is 1. The number of para-hydroxylation sites is 1. The van der Waals surface area contributed by atoms with Gasteiger partial charge in [-0.3, -0.25) is 14.5 Å². The Labute approximate surface area is 118 Å². The molecule has 0 spiro atoms. The number of nitrogens with zero attached hydrogens (tertiary/aromatic N) is 1. The minimum absolute atomic E-state index is 0.00552. The summed E-state index contributed by atoms with van der Waals surface area (Å²) in [4.78, 5) is 35.0. The molecule has 7 heteroatoms. The Hall–Kier alpha value is -2.28. The molecule has 1 aromatic rings. The lowest BCUT2D eigenvalue weighted by Crippen LogP contribution is -2.33. The van der Waals surface area contributed by atoms with Gasteiger partial charge in [-0.2, -0.15) is 0 Å². The molecule has 1 heterocycles. The fourth-order valence-corrected chi connectivity index (χ4v) is 2.50. The van der Waals surface area contributed by atoms with Gasteiger partial charge >= 0.3 is 0 Å². The molecule has 0 unspecified atom stereocenters. The largest absolute Gasteiger partial charge is 0.550 e. The van der Waals surface area contributed by atoms with Crippen molar-refractivity contribution in [2.45, 2.75) is 6.42 Å². The Balaban J connectivity index is 2.19. The quantitative estimate of drug-likeness (QED) is 0.815. The highest BCUT2D eigenvalue weighted by Gasteiger charge is 2.34. The SMILES string of the molecule is O=C([O-])CCN1C(=O)S/C(=C\c2ccccc2O)C1=O. The van der Waals surface area contributed by atoms with Crippen molar-refractivity contribution in [2.75, 3.05) is 6.54 Å². The summed E-state index contributed by atoms with van der Waals surface area (Å²) >= 11 is 0.711. The number of thioether (sulfide) groups is 1. The summed E-state index contributed by atoms with van der Waals surface area (Å²) in [5.41, 5.74) is 0.415. The predicted octanol–water partition coefficient (Wildman–Crippen LogP) is 0.569. The third-order valence-corrected chi connectivity index (χ3v) is 3.54. The van der Waals surface area contributed by atoms with E-state index in [9.17, 15) is 24.6 Å². The van der Waals surface area contributed by atoms with Crippen molar-refractivity contribution in [3.05, 3.63) is 34.7 Å². The average molecular weight is 292 g/mol. The van der Waals surface area contributed by atoms with E-state index in [0.717, 1.165) is 4.90 Å². The molecule has 1 aliphatic heterocycles. The number of benzene rings is 1. The average Bonchev–Trinajstić information content (AvgIpc) is 2.65. The number of carboxylic acid groups (broad SMARTS) is 1. The Morgan fingerprint density at radius 3 is 2.70 bits per heavy atom. The first kappa shape index (κ1) is 14.1. The summed E-state index contributed by atoms with van der Waals surface area (Å²) in [7, 11) is 0. The summed E-state index contributed by atoms with van der Waals surface area (Å²) in [5.74, 6) is -1.90. The number of carbonyl (C=O) groups excluding carboxylic acids is 3. The maximum Gasteiger partial charge on any atom is 0.293 e. The number of rotatable bonds is 4. The molecule has 1 saturated heterocycles. The number of phenols is 1. The molecule has 6 nitrogen and oxygen atoms in total. The Morgan fingerprint density at radius 2 is 2.05 bits per heavy atom. The molecule has 0 aliphatic carbocycles. The minimum Gasteiger partial charge on any atom is -0.550 e. The van der Waals surface area contributed by atoms with Gasteiger partial charge in [0.25, 0.3) is 11.1 Å². The zero-order valence-electron chi connectivity index (χ0n) is 10.2. The van der Waals surface area contributed by atoms with Crippen LogP contribution >= 0.6 is 11.8 Å². The molecule has 104 valence electrons. The second-order valence-electron chi connectivity index (χ2n) is 4.01. The first-order valence-electron chi connectivity index (χ1n) is 5.72. The van der Waals surface area contributed by atoms with Gasteiger partial charge in [0.1, 0.15) is 5.75 Å². The molecule has 0 bridgehead atoms. The van der Waals surface area contributed by atoms with Gasteiger partial charge in [0.15, 0.2) is 0 Å². The zero-order chi connectivity index (χ0) is 14.7. The summed E-state index contributed by atoms with van der Waals surface area (Å²) < 4.78 is 0. The topological polar surface area (TPSA) is 97.7 Å². The van der Waals surface area contributed by atoms with Crippen molar-refractivity contribution in [3.63, 3.8) is 0 Å². The highest BCUT2D eigenvalue weighted by Crippen LogP contribution is 2.33. The van der Waals surface area contributed by atoms with Gasteiger partial charge in [-0.05, 0) is 23.9 Å². The highest BCUT2D eigenvalue weighted by atomic mass is 32.2. The highest BCUT2D eigenvalue weighted by molar-refractivity contribution is 8.18. The number of carbonyl (C=O) groups is 3. The van der Waals surface area contributed by atoms with Crippen molar-refractivity contribution in [1.82, 2.24) is 4.90 Å². The van der Waals surface area contributed by atoms with E-state index < -0.39 is 23.5 Å². The summed E-state index contributed by atoms with van der Waals surface area (Å²) in [5, 5.41) is 19.5. The monoisotopic (exact) mass is 292 g/mol. The third kappa shape index (κ3) is 3.00. The molecule has 1 aliphatic rings.